The molecule has 2 aromatic rings. The van der Waals surface area contributed by atoms with E-state index in [0.29, 0.717) is 18.7 Å². The van der Waals surface area contributed by atoms with E-state index >= 15 is 0 Å². The van der Waals surface area contributed by atoms with Gasteiger partial charge in [0.25, 0.3) is 11.6 Å². The van der Waals surface area contributed by atoms with Gasteiger partial charge in [-0.15, -0.1) is 0 Å². The van der Waals surface area contributed by atoms with Crippen LogP contribution in [0.5, 0.6) is 0 Å². The number of carbonyl (C=O) groups excluding carboxylic acids is 2. The summed E-state index contributed by atoms with van der Waals surface area (Å²) in [4.78, 5) is 36.6. The molecule has 0 saturated heterocycles. The molecule has 9 heteroatoms. The molecule has 2 rings (SSSR count). The molecular formula is C17H20N4O5. The van der Waals surface area contributed by atoms with Gasteiger partial charge in [0, 0.05) is 30.3 Å². The number of aromatic nitrogens is 1. The van der Waals surface area contributed by atoms with Crippen molar-refractivity contribution < 1.29 is 19.0 Å². The average molecular weight is 360 g/mol. The number of benzene rings is 1. The van der Waals surface area contributed by atoms with E-state index in [1.807, 2.05) is 6.92 Å². The summed E-state index contributed by atoms with van der Waals surface area (Å²) in [6.07, 6.45) is 1.54. The fraction of sp³-hybridized carbons (Fsp3) is 0.353. The Morgan fingerprint density at radius 2 is 2.12 bits per heavy atom. The van der Waals surface area contributed by atoms with Crippen molar-refractivity contribution in [3.63, 3.8) is 0 Å². The zero-order valence-corrected chi connectivity index (χ0v) is 14.6. The summed E-state index contributed by atoms with van der Waals surface area (Å²) >= 11 is 0. The summed E-state index contributed by atoms with van der Waals surface area (Å²) in [6, 6.07) is 7.03. The highest BCUT2D eigenvalue weighted by Crippen LogP contribution is 2.15. The summed E-state index contributed by atoms with van der Waals surface area (Å²) < 4.78 is 4.88. The largest absolute Gasteiger partial charge is 0.360 e. The summed E-state index contributed by atoms with van der Waals surface area (Å²) in [5, 5.41) is 17.1. The number of nitrogens with zero attached hydrogens (tertiary/aromatic N) is 3. The van der Waals surface area contributed by atoms with Crippen molar-refractivity contribution in [2.24, 2.45) is 0 Å². The lowest BCUT2D eigenvalue weighted by molar-refractivity contribution is -0.384. The Morgan fingerprint density at radius 1 is 1.35 bits per heavy atom. The molecule has 0 aliphatic rings. The molecule has 1 aromatic carbocycles. The van der Waals surface area contributed by atoms with Gasteiger partial charge in [-0.2, -0.15) is 0 Å². The van der Waals surface area contributed by atoms with Crippen LogP contribution in [0.3, 0.4) is 0 Å². The van der Waals surface area contributed by atoms with Crippen LogP contribution in [0.4, 0.5) is 11.5 Å². The Balaban J connectivity index is 2.12. The number of hydrogen-bond acceptors (Lipinski definition) is 6. The number of carbonyl (C=O) groups is 2. The zero-order chi connectivity index (χ0) is 19.1. The van der Waals surface area contributed by atoms with Crippen LogP contribution in [-0.2, 0) is 4.79 Å². The van der Waals surface area contributed by atoms with Gasteiger partial charge < -0.3 is 14.7 Å². The molecule has 0 radical (unpaired) electrons. The molecule has 0 atom stereocenters. The second kappa shape index (κ2) is 8.75. The SMILES string of the molecule is CCCCN(CC(=O)Nc1cc(C)on1)C(=O)c1cccc([N+](=O)[O-])c1. The fourth-order valence-electron chi connectivity index (χ4n) is 2.32. The molecule has 138 valence electrons. The number of nitrogens with one attached hydrogen (secondary N) is 1. The van der Waals surface area contributed by atoms with Crippen LogP contribution in [0.25, 0.3) is 0 Å². The molecule has 0 bridgehead atoms. The van der Waals surface area contributed by atoms with Crippen LogP contribution in [0.1, 0.15) is 35.9 Å². The van der Waals surface area contributed by atoms with Crippen molar-refractivity contribution in [1.82, 2.24) is 10.1 Å². The smallest absolute Gasteiger partial charge is 0.270 e. The van der Waals surface area contributed by atoms with Crippen LogP contribution in [0, 0.1) is 17.0 Å². The minimum absolute atomic E-state index is 0.167. The van der Waals surface area contributed by atoms with Gasteiger partial charge in [-0.25, -0.2) is 0 Å². The highest BCUT2D eigenvalue weighted by molar-refractivity contribution is 5.99. The molecule has 26 heavy (non-hydrogen) atoms. The molecular weight excluding hydrogens is 340 g/mol. The lowest BCUT2D eigenvalue weighted by Crippen LogP contribution is -2.38. The van der Waals surface area contributed by atoms with Gasteiger partial charge in [-0.1, -0.05) is 24.6 Å². The molecule has 0 saturated carbocycles. The third-order valence-corrected chi connectivity index (χ3v) is 3.60. The normalized spacial score (nSPS) is 10.4. The highest BCUT2D eigenvalue weighted by atomic mass is 16.6. The quantitative estimate of drug-likeness (QED) is 0.571. The topological polar surface area (TPSA) is 119 Å². The molecule has 1 aromatic heterocycles. The van der Waals surface area contributed by atoms with Crippen molar-refractivity contribution in [2.75, 3.05) is 18.4 Å². The standard InChI is InChI=1S/C17H20N4O5/c1-3-4-8-20(11-16(22)18-15-9-12(2)26-19-15)17(23)13-6-5-7-14(10-13)21(24)25/h5-7,9-10H,3-4,8,11H2,1-2H3,(H,18,19,22). The van der Waals surface area contributed by atoms with Gasteiger partial charge >= 0.3 is 0 Å². The Bertz CT molecular complexity index is 802. The van der Waals surface area contributed by atoms with Gasteiger partial charge in [-0.3, -0.25) is 19.7 Å². The van der Waals surface area contributed by atoms with E-state index in [0.717, 1.165) is 6.42 Å². The minimum atomic E-state index is -0.563. The maximum Gasteiger partial charge on any atom is 0.270 e. The second-order valence-electron chi connectivity index (χ2n) is 5.76. The van der Waals surface area contributed by atoms with E-state index in [2.05, 4.69) is 10.5 Å². The number of anilines is 1. The third-order valence-electron chi connectivity index (χ3n) is 3.60. The summed E-state index contributed by atoms with van der Waals surface area (Å²) in [6.45, 7) is 3.84. The molecule has 0 spiro atoms. The third kappa shape index (κ3) is 5.13. The first-order chi connectivity index (χ1) is 12.4. The minimum Gasteiger partial charge on any atom is -0.360 e. The molecule has 2 amide bonds. The van der Waals surface area contributed by atoms with Crippen molar-refractivity contribution in [3.8, 4) is 0 Å². The van der Waals surface area contributed by atoms with Gasteiger partial charge in [-0.05, 0) is 19.4 Å². The van der Waals surface area contributed by atoms with Crippen molar-refractivity contribution in [1.29, 1.82) is 0 Å². The first kappa shape index (κ1) is 19.1. The summed E-state index contributed by atoms with van der Waals surface area (Å²) in [5.74, 6) is -0.0385. The van der Waals surface area contributed by atoms with Gasteiger partial charge in [0.2, 0.25) is 5.91 Å². The lowest BCUT2D eigenvalue weighted by Gasteiger charge is -2.21. The number of hydrogen-bond donors (Lipinski definition) is 1. The maximum absolute atomic E-state index is 12.7. The molecule has 0 aliphatic heterocycles. The summed E-state index contributed by atoms with van der Waals surface area (Å²) in [7, 11) is 0. The van der Waals surface area contributed by atoms with E-state index < -0.39 is 16.7 Å². The Hall–Kier alpha value is -3.23. The predicted octanol–water partition coefficient (Wildman–Crippen LogP) is 2.77. The van der Waals surface area contributed by atoms with E-state index in [1.54, 1.807) is 13.0 Å². The Labute approximate surface area is 150 Å². The molecule has 9 nitrogen and oxygen atoms in total. The van der Waals surface area contributed by atoms with E-state index in [4.69, 9.17) is 4.52 Å². The molecule has 1 N–H and O–H groups in total. The monoisotopic (exact) mass is 360 g/mol. The number of rotatable bonds is 8. The number of nitro benzene ring substituents is 1. The van der Waals surface area contributed by atoms with E-state index in [1.165, 1.54) is 29.2 Å². The van der Waals surface area contributed by atoms with E-state index in [-0.39, 0.29) is 23.6 Å². The average Bonchev–Trinajstić information content (AvgIpc) is 3.02. The number of unbranched alkanes of at least 4 members (excludes halogenated alkanes) is 1. The molecule has 0 unspecified atom stereocenters. The van der Waals surface area contributed by atoms with Crippen molar-refractivity contribution in [2.45, 2.75) is 26.7 Å². The van der Waals surface area contributed by atoms with Crippen LogP contribution >= 0.6 is 0 Å². The van der Waals surface area contributed by atoms with Gasteiger partial charge in [0.1, 0.15) is 12.3 Å². The predicted molar refractivity (Wildman–Crippen MR) is 93.8 cm³/mol. The van der Waals surface area contributed by atoms with Crippen LogP contribution < -0.4 is 5.32 Å². The van der Waals surface area contributed by atoms with Crippen LogP contribution in [0.15, 0.2) is 34.9 Å². The number of amides is 2. The zero-order valence-electron chi connectivity index (χ0n) is 14.6. The summed E-state index contributed by atoms with van der Waals surface area (Å²) in [5.41, 5.74) is -0.00537. The van der Waals surface area contributed by atoms with E-state index in [9.17, 15) is 19.7 Å². The number of non-ortho nitro benzene ring substituents is 1. The number of aryl methyl sites for hydroxylation is 1. The Kier molecular flexibility index (Phi) is 6.42. The van der Waals surface area contributed by atoms with Crippen molar-refractivity contribution >= 4 is 23.3 Å². The van der Waals surface area contributed by atoms with Gasteiger partial charge in [0.05, 0.1) is 4.92 Å². The van der Waals surface area contributed by atoms with Crippen LogP contribution in [0.2, 0.25) is 0 Å². The maximum atomic E-state index is 12.7. The number of nitro groups is 1. The molecule has 1 heterocycles. The lowest BCUT2D eigenvalue weighted by atomic mass is 10.1. The van der Waals surface area contributed by atoms with Crippen molar-refractivity contribution in [3.05, 3.63) is 51.8 Å². The Morgan fingerprint density at radius 3 is 2.73 bits per heavy atom. The fourth-order valence-corrected chi connectivity index (χ4v) is 2.32. The van der Waals surface area contributed by atoms with Gasteiger partial charge in [0.15, 0.2) is 5.82 Å². The first-order valence-electron chi connectivity index (χ1n) is 8.17. The molecule has 0 fully saturated rings. The first-order valence-corrected chi connectivity index (χ1v) is 8.17. The highest BCUT2D eigenvalue weighted by Gasteiger charge is 2.21. The van der Waals surface area contributed by atoms with Crippen LogP contribution in [-0.4, -0.2) is 39.9 Å². The molecule has 0 aliphatic carbocycles. The second-order valence-corrected chi connectivity index (χ2v) is 5.76.